The van der Waals surface area contributed by atoms with Crippen LogP contribution in [-0.2, 0) is 14.3 Å². The summed E-state index contributed by atoms with van der Waals surface area (Å²) >= 11 is 17.6. The minimum absolute atomic E-state index is 0.0147. The summed E-state index contributed by atoms with van der Waals surface area (Å²) in [5, 5.41) is 3.60. The van der Waals surface area contributed by atoms with Gasteiger partial charge in [0.15, 0.2) is 12.4 Å². The summed E-state index contributed by atoms with van der Waals surface area (Å²) < 4.78 is 5.17. The van der Waals surface area contributed by atoms with Crippen LogP contribution < -0.4 is 5.32 Å². The van der Waals surface area contributed by atoms with E-state index in [2.05, 4.69) is 10.3 Å². The first kappa shape index (κ1) is 20.5. The Labute approximate surface area is 166 Å². The van der Waals surface area contributed by atoms with Gasteiger partial charge in [0.1, 0.15) is 0 Å². The molecule has 0 aliphatic carbocycles. The van der Waals surface area contributed by atoms with E-state index in [0.717, 1.165) is 5.56 Å². The molecule has 0 saturated heterocycles. The molecule has 1 aromatic carbocycles. The summed E-state index contributed by atoms with van der Waals surface area (Å²) in [5.41, 5.74) is 0.775. The number of anilines is 1. The molecule has 0 fully saturated rings. The maximum absolute atomic E-state index is 12.4. The van der Waals surface area contributed by atoms with E-state index in [1.54, 1.807) is 24.3 Å². The SMILES string of the molecule is CC(C)[C@H](C(=O)OCC(=O)Nc1ncc(Cl)cc1Cl)c1ccc(Cl)cc1. The summed E-state index contributed by atoms with van der Waals surface area (Å²) in [5.74, 6) is -1.41. The lowest BCUT2D eigenvalue weighted by Gasteiger charge is -2.19. The highest BCUT2D eigenvalue weighted by Gasteiger charge is 2.26. The van der Waals surface area contributed by atoms with Crippen LogP contribution >= 0.6 is 34.8 Å². The van der Waals surface area contributed by atoms with E-state index in [-0.39, 0.29) is 16.8 Å². The van der Waals surface area contributed by atoms with Crippen molar-refractivity contribution < 1.29 is 14.3 Å². The van der Waals surface area contributed by atoms with Gasteiger partial charge in [-0.15, -0.1) is 0 Å². The molecule has 0 unspecified atom stereocenters. The largest absolute Gasteiger partial charge is 0.455 e. The average molecular weight is 416 g/mol. The number of esters is 1. The molecule has 1 amide bonds. The first-order valence-electron chi connectivity index (χ1n) is 7.81. The van der Waals surface area contributed by atoms with Crippen molar-refractivity contribution in [3.63, 3.8) is 0 Å². The highest BCUT2D eigenvalue weighted by atomic mass is 35.5. The Morgan fingerprint density at radius 2 is 1.77 bits per heavy atom. The summed E-state index contributed by atoms with van der Waals surface area (Å²) in [6.45, 7) is 3.35. The molecule has 8 heteroatoms. The molecule has 0 bridgehead atoms. The van der Waals surface area contributed by atoms with Crippen LogP contribution in [-0.4, -0.2) is 23.5 Å². The molecule has 1 N–H and O–H groups in total. The fourth-order valence-corrected chi connectivity index (χ4v) is 2.92. The van der Waals surface area contributed by atoms with Gasteiger partial charge in [-0.2, -0.15) is 0 Å². The predicted molar refractivity (Wildman–Crippen MR) is 103 cm³/mol. The number of amides is 1. The van der Waals surface area contributed by atoms with Crippen LogP contribution in [0.4, 0.5) is 5.82 Å². The summed E-state index contributed by atoms with van der Waals surface area (Å²) in [6, 6.07) is 8.41. The van der Waals surface area contributed by atoms with Gasteiger partial charge in [0.25, 0.3) is 5.91 Å². The molecule has 0 saturated carbocycles. The van der Waals surface area contributed by atoms with Gasteiger partial charge >= 0.3 is 5.97 Å². The van der Waals surface area contributed by atoms with Gasteiger partial charge in [-0.1, -0.05) is 60.8 Å². The number of pyridine rings is 1. The van der Waals surface area contributed by atoms with Crippen molar-refractivity contribution >= 4 is 52.5 Å². The Balaban J connectivity index is 1.98. The molecule has 138 valence electrons. The number of nitrogens with one attached hydrogen (secondary N) is 1. The van der Waals surface area contributed by atoms with E-state index in [4.69, 9.17) is 39.5 Å². The minimum Gasteiger partial charge on any atom is -0.455 e. The van der Waals surface area contributed by atoms with Gasteiger partial charge in [0, 0.05) is 11.2 Å². The monoisotopic (exact) mass is 414 g/mol. The van der Waals surface area contributed by atoms with E-state index >= 15 is 0 Å². The zero-order valence-electron chi connectivity index (χ0n) is 14.1. The highest BCUT2D eigenvalue weighted by Crippen LogP contribution is 2.27. The lowest BCUT2D eigenvalue weighted by molar-refractivity contribution is -0.149. The number of halogens is 3. The van der Waals surface area contributed by atoms with E-state index in [0.29, 0.717) is 10.0 Å². The molecule has 2 rings (SSSR count). The number of carbonyl (C=O) groups excluding carboxylic acids is 2. The second-order valence-corrected chi connectivity index (χ2v) is 7.19. The second kappa shape index (κ2) is 9.21. The molecular weight excluding hydrogens is 399 g/mol. The zero-order valence-corrected chi connectivity index (χ0v) is 16.4. The van der Waals surface area contributed by atoms with Gasteiger partial charge in [0.05, 0.1) is 16.0 Å². The summed E-state index contributed by atoms with van der Waals surface area (Å²) in [7, 11) is 0. The maximum atomic E-state index is 12.4. The van der Waals surface area contributed by atoms with Crippen molar-refractivity contribution in [2.45, 2.75) is 19.8 Å². The number of benzene rings is 1. The van der Waals surface area contributed by atoms with Crippen LogP contribution in [0.1, 0.15) is 25.3 Å². The van der Waals surface area contributed by atoms with Crippen molar-refractivity contribution in [1.82, 2.24) is 4.98 Å². The molecule has 2 aromatic rings. The van der Waals surface area contributed by atoms with Crippen LogP contribution in [0, 0.1) is 5.92 Å². The van der Waals surface area contributed by atoms with E-state index in [9.17, 15) is 9.59 Å². The van der Waals surface area contributed by atoms with Gasteiger partial charge in [0.2, 0.25) is 0 Å². The molecule has 0 aliphatic heterocycles. The van der Waals surface area contributed by atoms with Crippen molar-refractivity contribution in [3.8, 4) is 0 Å². The average Bonchev–Trinajstić information content (AvgIpc) is 2.57. The summed E-state index contributed by atoms with van der Waals surface area (Å²) in [4.78, 5) is 28.3. The first-order valence-corrected chi connectivity index (χ1v) is 8.94. The van der Waals surface area contributed by atoms with Crippen LogP contribution in [0.2, 0.25) is 15.1 Å². The van der Waals surface area contributed by atoms with Gasteiger partial charge < -0.3 is 10.1 Å². The molecule has 1 heterocycles. The Kier molecular flexibility index (Phi) is 7.26. The topological polar surface area (TPSA) is 68.3 Å². The first-order chi connectivity index (χ1) is 12.3. The Hall–Kier alpha value is -1.82. The Morgan fingerprint density at radius 3 is 2.35 bits per heavy atom. The molecule has 26 heavy (non-hydrogen) atoms. The molecule has 0 aliphatic rings. The number of rotatable bonds is 6. The predicted octanol–water partition coefficient (Wildman–Crippen LogP) is 4.96. The third-order valence-corrected chi connectivity index (χ3v) is 4.31. The fraction of sp³-hybridized carbons (Fsp3) is 0.278. The van der Waals surface area contributed by atoms with Crippen LogP contribution in [0.5, 0.6) is 0 Å². The van der Waals surface area contributed by atoms with Gasteiger partial charge in [-0.05, 0) is 29.7 Å². The standard InChI is InChI=1S/C18H17Cl3N2O3/c1-10(2)16(11-3-5-12(19)6-4-11)18(25)26-9-15(24)23-17-14(21)7-13(20)8-22-17/h3-8,10,16H,9H2,1-2H3,(H,22,23,24)/t16-/m0/s1. The lowest BCUT2D eigenvalue weighted by atomic mass is 9.88. The number of hydrogen-bond acceptors (Lipinski definition) is 4. The second-order valence-electron chi connectivity index (χ2n) is 5.91. The van der Waals surface area contributed by atoms with Crippen molar-refractivity contribution in [3.05, 3.63) is 57.2 Å². The molecule has 1 aromatic heterocycles. The minimum atomic E-state index is -0.548. The third-order valence-electron chi connectivity index (χ3n) is 3.56. The number of nitrogens with zero attached hydrogens (tertiary/aromatic N) is 1. The highest BCUT2D eigenvalue weighted by molar-refractivity contribution is 6.36. The smallest absolute Gasteiger partial charge is 0.314 e. The van der Waals surface area contributed by atoms with Gasteiger partial charge in [-0.3, -0.25) is 9.59 Å². The number of ether oxygens (including phenoxy) is 1. The Bertz CT molecular complexity index is 795. The van der Waals surface area contributed by atoms with Crippen molar-refractivity contribution in [2.24, 2.45) is 5.92 Å². The van der Waals surface area contributed by atoms with Crippen LogP contribution in [0.15, 0.2) is 36.5 Å². The third kappa shape index (κ3) is 5.59. The van der Waals surface area contributed by atoms with E-state index < -0.39 is 24.4 Å². The number of carbonyl (C=O) groups is 2. The summed E-state index contributed by atoms with van der Waals surface area (Å²) in [6.07, 6.45) is 1.35. The van der Waals surface area contributed by atoms with E-state index in [1.165, 1.54) is 12.3 Å². The van der Waals surface area contributed by atoms with E-state index in [1.807, 2.05) is 13.8 Å². The normalized spacial score (nSPS) is 11.9. The maximum Gasteiger partial charge on any atom is 0.314 e. The molecular formula is C18H17Cl3N2O3. The fourth-order valence-electron chi connectivity index (χ4n) is 2.36. The quantitative estimate of drug-likeness (QED) is 0.677. The van der Waals surface area contributed by atoms with Crippen molar-refractivity contribution in [1.29, 1.82) is 0 Å². The van der Waals surface area contributed by atoms with Crippen LogP contribution in [0.3, 0.4) is 0 Å². The Morgan fingerprint density at radius 1 is 1.12 bits per heavy atom. The molecule has 1 atom stereocenters. The van der Waals surface area contributed by atoms with Gasteiger partial charge in [-0.25, -0.2) is 4.98 Å². The van der Waals surface area contributed by atoms with Crippen LogP contribution in [0.25, 0.3) is 0 Å². The number of aromatic nitrogens is 1. The zero-order chi connectivity index (χ0) is 19.3. The van der Waals surface area contributed by atoms with Crippen molar-refractivity contribution in [2.75, 3.05) is 11.9 Å². The number of hydrogen-bond donors (Lipinski definition) is 1. The lowest BCUT2D eigenvalue weighted by Crippen LogP contribution is -2.26. The molecule has 0 radical (unpaired) electrons. The molecule has 5 nitrogen and oxygen atoms in total. The molecule has 0 spiro atoms.